The third-order valence-corrected chi connectivity index (χ3v) is 3.24. The van der Waals surface area contributed by atoms with Crippen LogP contribution in [0.15, 0.2) is 54.6 Å². The van der Waals surface area contributed by atoms with Gasteiger partial charge in [0.1, 0.15) is 5.75 Å². The molecule has 2 heteroatoms. The van der Waals surface area contributed by atoms with Crippen LogP contribution in [0.1, 0.15) is 25.5 Å². The Morgan fingerprint density at radius 3 is 2.05 bits per heavy atom. The highest BCUT2D eigenvalue weighted by Gasteiger charge is 2.15. The minimum Gasteiger partial charge on any atom is -0.497 e. The number of rotatable bonds is 5. The fourth-order valence-electron chi connectivity index (χ4n) is 2.16. The van der Waals surface area contributed by atoms with E-state index in [4.69, 9.17) is 4.74 Å². The molecule has 1 N–H and O–H groups in total. The van der Waals surface area contributed by atoms with E-state index in [0.29, 0.717) is 12.0 Å². The molecule has 0 heterocycles. The van der Waals surface area contributed by atoms with Crippen molar-refractivity contribution in [3.05, 3.63) is 60.2 Å². The van der Waals surface area contributed by atoms with Crippen LogP contribution >= 0.6 is 0 Å². The van der Waals surface area contributed by atoms with Gasteiger partial charge in [-0.2, -0.15) is 0 Å². The molecule has 0 aliphatic rings. The van der Waals surface area contributed by atoms with Crippen molar-refractivity contribution in [1.29, 1.82) is 0 Å². The van der Waals surface area contributed by atoms with Gasteiger partial charge >= 0.3 is 0 Å². The van der Waals surface area contributed by atoms with E-state index in [1.165, 1.54) is 5.56 Å². The number of methoxy groups -OCH3 is 1. The molecule has 2 nitrogen and oxygen atoms in total. The Morgan fingerprint density at radius 1 is 0.895 bits per heavy atom. The first-order chi connectivity index (χ1) is 9.20. The average molecular weight is 255 g/mol. The lowest BCUT2D eigenvalue weighted by Gasteiger charge is -2.24. The van der Waals surface area contributed by atoms with E-state index in [2.05, 4.69) is 55.6 Å². The van der Waals surface area contributed by atoms with Crippen molar-refractivity contribution in [2.24, 2.45) is 5.92 Å². The molecule has 2 aromatic rings. The number of ether oxygens (including phenoxy) is 1. The highest BCUT2D eigenvalue weighted by atomic mass is 16.5. The summed E-state index contributed by atoms with van der Waals surface area (Å²) in [6.45, 7) is 4.46. The van der Waals surface area contributed by atoms with E-state index in [1.54, 1.807) is 7.11 Å². The van der Waals surface area contributed by atoms with Crippen LogP contribution in [0.25, 0.3) is 0 Å². The predicted octanol–water partition coefficient (Wildman–Crippen LogP) is 4.50. The van der Waals surface area contributed by atoms with Crippen molar-refractivity contribution in [2.75, 3.05) is 12.4 Å². The van der Waals surface area contributed by atoms with Gasteiger partial charge in [0.2, 0.25) is 0 Å². The summed E-state index contributed by atoms with van der Waals surface area (Å²) in [7, 11) is 1.68. The van der Waals surface area contributed by atoms with E-state index >= 15 is 0 Å². The normalized spacial score (nSPS) is 12.2. The van der Waals surface area contributed by atoms with Crippen molar-refractivity contribution < 1.29 is 4.74 Å². The highest BCUT2D eigenvalue weighted by Crippen LogP contribution is 2.27. The first kappa shape index (κ1) is 13.5. The molecule has 100 valence electrons. The van der Waals surface area contributed by atoms with E-state index in [0.717, 1.165) is 11.4 Å². The molecule has 19 heavy (non-hydrogen) atoms. The van der Waals surface area contributed by atoms with E-state index in [9.17, 15) is 0 Å². The van der Waals surface area contributed by atoms with E-state index in [-0.39, 0.29) is 0 Å². The minimum atomic E-state index is 0.314. The third kappa shape index (κ3) is 3.50. The number of anilines is 1. The second-order valence-corrected chi connectivity index (χ2v) is 5.01. The zero-order chi connectivity index (χ0) is 13.7. The van der Waals surface area contributed by atoms with Gasteiger partial charge < -0.3 is 10.1 Å². The molecular weight excluding hydrogens is 234 g/mol. The molecule has 0 aliphatic carbocycles. The first-order valence-corrected chi connectivity index (χ1v) is 6.66. The second-order valence-electron chi connectivity index (χ2n) is 5.01. The molecule has 1 atom stereocenters. The van der Waals surface area contributed by atoms with Gasteiger partial charge in [-0.05, 0) is 35.7 Å². The lowest BCUT2D eigenvalue weighted by Crippen LogP contribution is -2.16. The average Bonchev–Trinajstić information content (AvgIpc) is 2.46. The Labute approximate surface area is 115 Å². The van der Waals surface area contributed by atoms with Gasteiger partial charge in [-0.15, -0.1) is 0 Å². The van der Waals surface area contributed by atoms with Crippen LogP contribution in [-0.4, -0.2) is 7.11 Å². The molecule has 0 aliphatic heterocycles. The first-order valence-electron chi connectivity index (χ1n) is 6.66. The minimum absolute atomic E-state index is 0.314. The molecular formula is C17H21NO. The molecule has 0 saturated heterocycles. The Kier molecular flexibility index (Phi) is 4.45. The van der Waals surface area contributed by atoms with Gasteiger partial charge in [0, 0.05) is 5.69 Å². The van der Waals surface area contributed by atoms with E-state index < -0.39 is 0 Å². The maximum absolute atomic E-state index is 5.18. The smallest absolute Gasteiger partial charge is 0.119 e. The number of hydrogen-bond acceptors (Lipinski definition) is 2. The van der Waals surface area contributed by atoms with Gasteiger partial charge in [-0.25, -0.2) is 0 Å². The largest absolute Gasteiger partial charge is 0.497 e. The van der Waals surface area contributed by atoms with Crippen LogP contribution in [0.3, 0.4) is 0 Å². The van der Waals surface area contributed by atoms with Crippen molar-refractivity contribution in [3.8, 4) is 5.75 Å². The van der Waals surface area contributed by atoms with Crippen molar-refractivity contribution in [1.82, 2.24) is 0 Å². The Bertz CT molecular complexity index is 490. The summed E-state index contributed by atoms with van der Waals surface area (Å²) in [4.78, 5) is 0. The van der Waals surface area contributed by atoms with Crippen LogP contribution in [0, 0.1) is 5.92 Å². The second kappa shape index (κ2) is 6.28. The van der Waals surface area contributed by atoms with Gasteiger partial charge in [-0.1, -0.05) is 44.2 Å². The lowest BCUT2D eigenvalue weighted by molar-refractivity contribution is 0.415. The molecule has 2 rings (SSSR count). The molecule has 0 bridgehead atoms. The molecule has 0 saturated carbocycles. The molecule has 0 radical (unpaired) electrons. The third-order valence-electron chi connectivity index (χ3n) is 3.24. The van der Waals surface area contributed by atoms with Crippen LogP contribution in [0.4, 0.5) is 5.69 Å². The van der Waals surface area contributed by atoms with Crippen LogP contribution in [0.2, 0.25) is 0 Å². The standard InChI is InChI=1S/C17H21NO/c1-13(2)17(14-7-5-4-6-8-14)18-15-9-11-16(19-3)12-10-15/h4-13,17-18H,1-3H3. The zero-order valence-corrected chi connectivity index (χ0v) is 11.8. The summed E-state index contributed by atoms with van der Waals surface area (Å²) in [5.41, 5.74) is 2.43. The fraction of sp³-hybridized carbons (Fsp3) is 0.294. The van der Waals surface area contributed by atoms with Crippen molar-refractivity contribution in [3.63, 3.8) is 0 Å². The van der Waals surface area contributed by atoms with E-state index in [1.807, 2.05) is 18.2 Å². The summed E-state index contributed by atoms with van der Waals surface area (Å²) in [5.74, 6) is 1.40. The van der Waals surface area contributed by atoms with Gasteiger partial charge in [0.05, 0.1) is 13.2 Å². The lowest BCUT2D eigenvalue weighted by atomic mass is 9.96. The predicted molar refractivity (Wildman–Crippen MR) is 80.6 cm³/mol. The molecule has 0 fully saturated rings. The van der Waals surface area contributed by atoms with Gasteiger partial charge in [-0.3, -0.25) is 0 Å². The fourth-order valence-corrected chi connectivity index (χ4v) is 2.16. The molecule has 2 aromatic carbocycles. The topological polar surface area (TPSA) is 21.3 Å². The summed E-state index contributed by atoms with van der Waals surface area (Å²) < 4.78 is 5.18. The molecule has 0 aromatic heterocycles. The summed E-state index contributed by atoms with van der Waals surface area (Å²) in [6, 6.07) is 18.9. The summed E-state index contributed by atoms with van der Waals surface area (Å²) in [5, 5.41) is 3.59. The quantitative estimate of drug-likeness (QED) is 0.849. The van der Waals surface area contributed by atoms with Crippen molar-refractivity contribution in [2.45, 2.75) is 19.9 Å². The maximum Gasteiger partial charge on any atom is 0.119 e. The summed E-state index contributed by atoms with van der Waals surface area (Å²) in [6.07, 6.45) is 0. The van der Waals surface area contributed by atoms with Crippen molar-refractivity contribution >= 4 is 5.69 Å². The summed E-state index contributed by atoms with van der Waals surface area (Å²) >= 11 is 0. The number of hydrogen-bond donors (Lipinski definition) is 1. The Balaban J connectivity index is 2.17. The van der Waals surface area contributed by atoms with Gasteiger partial charge in [0.25, 0.3) is 0 Å². The highest BCUT2D eigenvalue weighted by molar-refractivity contribution is 5.48. The monoisotopic (exact) mass is 255 g/mol. The SMILES string of the molecule is COc1ccc(NC(c2ccccc2)C(C)C)cc1. The Hall–Kier alpha value is -1.96. The van der Waals surface area contributed by atoms with Crippen LogP contribution < -0.4 is 10.1 Å². The zero-order valence-electron chi connectivity index (χ0n) is 11.8. The maximum atomic E-state index is 5.18. The van der Waals surface area contributed by atoms with Crippen LogP contribution in [0.5, 0.6) is 5.75 Å². The Morgan fingerprint density at radius 2 is 1.53 bits per heavy atom. The molecule has 0 spiro atoms. The molecule has 0 amide bonds. The number of nitrogens with one attached hydrogen (secondary N) is 1. The number of benzene rings is 2. The molecule has 1 unspecified atom stereocenters. The van der Waals surface area contributed by atoms with Gasteiger partial charge in [0.15, 0.2) is 0 Å². The van der Waals surface area contributed by atoms with Crippen LogP contribution in [-0.2, 0) is 0 Å².